The van der Waals surface area contributed by atoms with Crippen LogP contribution in [0.5, 0.6) is 0 Å². The number of carboxylic acid groups (broad SMARTS) is 1. The van der Waals surface area contributed by atoms with Crippen LogP contribution < -0.4 is 0 Å². The molecule has 3 aromatic rings. The van der Waals surface area contributed by atoms with Gasteiger partial charge < -0.3 is 10.1 Å². The largest absolute Gasteiger partial charge is 0.480 e. The molecule has 1 atom stereocenters. The van der Waals surface area contributed by atoms with Crippen molar-refractivity contribution >= 4 is 27.2 Å². The Hall–Kier alpha value is -2.78. The standard InChI is InChI=1S/C21H26N4O4S/c1-6-18-23-19-12(2)17(13(3)22-20(19)24-18)11-15-7-9-16(10-8-15)30(28,29)25(5)14(4)21(26)27/h7-10,14H,6,11H2,1-5H3,(H,26,27)(H,22,23,24). The van der Waals surface area contributed by atoms with Gasteiger partial charge in [-0.15, -0.1) is 0 Å². The van der Waals surface area contributed by atoms with Crippen LogP contribution in [0.4, 0.5) is 0 Å². The molecule has 160 valence electrons. The van der Waals surface area contributed by atoms with Gasteiger partial charge in [0.25, 0.3) is 0 Å². The summed E-state index contributed by atoms with van der Waals surface area (Å²) in [5, 5.41) is 9.10. The fourth-order valence-corrected chi connectivity index (χ4v) is 4.66. The van der Waals surface area contributed by atoms with Crippen molar-refractivity contribution < 1.29 is 18.3 Å². The van der Waals surface area contributed by atoms with E-state index in [-0.39, 0.29) is 4.90 Å². The number of hydrogen-bond donors (Lipinski definition) is 2. The van der Waals surface area contributed by atoms with Gasteiger partial charge in [-0.1, -0.05) is 19.1 Å². The number of pyridine rings is 1. The second kappa shape index (κ2) is 8.16. The summed E-state index contributed by atoms with van der Waals surface area (Å²) in [6.45, 7) is 7.35. The molecule has 0 amide bonds. The van der Waals surface area contributed by atoms with E-state index in [1.54, 1.807) is 12.1 Å². The van der Waals surface area contributed by atoms with Crippen LogP contribution in [0.15, 0.2) is 29.2 Å². The van der Waals surface area contributed by atoms with Crippen molar-refractivity contribution in [2.24, 2.45) is 0 Å². The van der Waals surface area contributed by atoms with Crippen molar-refractivity contribution in [3.8, 4) is 0 Å². The van der Waals surface area contributed by atoms with E-state index in [0.717, 1.165) is 44.5 Å². The monoisotopic (exact) mass is 430 g/mol. The van der Waals surface area contributed by atoms with Crippen molar-refractivity contribution in [2.75, 3.05) is 7.05 Å². The molecule has 1 aromatic carbocycles. The number of likely N-dealkylation sites (N-methyl/N-ethyl adjacent to an activating group) is 1. The van der Waals surface area contributed by atoms with Crippen molar-refractivity contribution in [2.45, 2.75) is 51.5 Å². The van der Waals surface area contributed by atoms with E-state index < -0.39 is 22.0 Å². The fourth-order valence-electron chi connectivity index (χ4n) is 3.34. The van der Waals surface area contributed by atoms with E-state index in [1.807, 2.05) is 20.8 Å². The summed E-state index contributed by atoms with van der Waals surface area (Å²) < 4.78 is 26.2. The average molecular weight is 431 g/mol. The van der Waals surface area contributed by atoms with E-state index in [1.165, 1.54) is 26.1 Å². The van der Waals surface area contributed by atoms with Crippen LogP contribution in [0.2, 0.25) is 0 Å². The van der Waals surface area contributed by atoms with Crippen LogP contribution in [0.25, 0.3) is 11.2 Å². The van der Waals surface area contributed by atoms with Gasteiger partial charge in [-0.2, -0.15) is 4.31 Å². The molecule has 1 unspecified atom stereocenters. The number of sulfonamides is 1. The molecular weight excluding hydrogens is 404 g/mol. The SMILES string of the molecule is CCc1nc2nc(C)c(Cc3ccc(S(=O)(=O)N(C)C(C)C(=O)O)cc3)c(C)c2[nH]1. The van der Waals surface area contributed by atoms with E-state index in [2.05, 4.69) is 15.0 Å². The van der Waals surface area contributed by atoms with E-state index >= 15 is 0 Å². The number of aliphatic carboxylic acids is 1. The number of rotatable bonds is 7. The third-order valence-corrected chi connectivity index (χ3v) is 7.43. The Bertz CT molecular complexity index is 1200. The molecule has 9 heteroatoms. The number of carbonyl (C=O) groups is 1. The Morgan fingerprint density at radius 2 is 1.83 bits per heavy atom. The highest BCUT2D eigenvalue weighted by atomic mass is 32.2. The Morgan fingerprint density at radius 3 is 2.40 bits per heavy atom. The molecule has 0 fully saturated rings. The average Bonchev–Trinajstić information content (AvgIpc) is 3.13. The molecule has 0 radical (unpaired) electrons. The van der Waals surface area contributed by atoms with Gasteiger partial charge >= 0.3 is 5.97 Å². The maximum atomic E-state index is 12.7. The van der Waals surface area contributed by atoms with Gasteiger partial charge in [-0.25, -0.2) is 18.4 Å². The molecule has 2 aromatic heterocycles. The quantitative estimate of drug-likeness (QED) is 0.595. The molecule has 0 saturated carbocycles. The zero-order valence-electron chi connectivity index (χ0n) is 17.7. The van der Waals surface area contributed by atoms with E-state index in [9.17, 15) is 13.2 Å². The van der Waals surface area contributed by atoms with Crippen LogP contribution in [-0.2, 0) is 27.7 Å². The molecule has 2 N–H and O–H groups in total. The number of imidazole rings is 1. The number of aromatic amines is 1. The second-order valence-electron chi connectivity index (χ2n) is 7.39. The summed E-state index contributed by atoms with van der Waals surface area (Å²) in [6, 6.07) is 5.37. The number of nitrogens with one attached hydrogen (secondary N) is 1. The third kappa shape index (κ3) is 3.95. The minimum atomic E-state index is -3.89. The van der Waals surface area contributed by atoms with Crippen LogP contribution >= 0.6 is 0 Å². The highest BCUT2D eigenvalue weighted by molar-refractivity contribution is 7.89. The molecule has 0 bridgehead atoms. The van der Waals surface area contributed by atoms with Gasteiger partial charge in [0.05, 0.1) is 10.4 Å². The summed E-state index contributed by atoms with van der Waals surface area (Å²) in [7, 11) is -2.62. The number of hydrogen-bond acceptors (Lipinski definition) is 5. The van der Waals surface area contributed by atoms with Gasteiger partial charge in [0.1, 0.15) is 11.9 Å². The Kier molecular flexibility index (Phi) is 5.96. The van der Waals surface area contributed by atoms with Gasteiger partial charge in [-0.05, 0) is 56.0 Å². The lowest BCUT2D eigenvalue weighted by molar-refractivity contribution is -0.140. The number of aromatic nitrogens is 3. The second-order valence-corrected chi connectivity index (χ2v) is 9.39. The predicted octanol–water partition coefficient (Wildman–Crippen LogP) is 2.82. The summed E-state index contributed by atoms with van der Waals surface area (Å²) in [5.74, 6) is -0.303. The molecule has 30 heavy (non-hydrogen) atoms. The van der Waals surface area contributed by atoms with Crippen molar-refractivity contribution in [3.05, 3.63) is 52.5 Å². The van der Waals surface area contributed by atoms with Gasteiger partial charge in [0, 0.05) is 19.2 Å². The first-order chi connectivity index (χ1) is 14.1. The van der Waals surface area contributed by atoms with Crippen LogP contribution in [0.3, 0.4) is 0 Å². The minimum Gasteiger partial charge on any atom is -0.480 e. The van der Waals surface area contributed by atoms with Crippen molar-refractivity contribution in [3.63, 3.8) is 0 Å². The first-order valence-corrected chi connectivity index (χ1v) is 11.1. The molecule has 0 saturated heterocycles. The fraction of sp³-hybridized carbons (Fsp3) is 0.381. The number of benzene rings is 1. The maximum absolute atomic E-state index is 12.7. The molecule has 3 rings (SSSR count). The van der Waals surface area contributed by atoms with Crippen molar-refractivity contribution in [1.29, 1.82) is 0 Å². The minimum absolute atomic E-state index is 0.0602. The first-order valence-electron chi connectivity index (χ1n) is 9.70. The highest BCUT2D eigenvalue weighted by Gasteiger charge is 2.29. The summed E-state index contributed by atoms with van der Waals surface area (Å²) in [6.07, 6.45) is 1.40. The molecular formula is C21H26N4O4S. The van der Waals surface area contributed by atoms with Gasteiger partial charge in [0.2, 0.25) is 10.0 Å². The van der Waals surface area contributed by atoms with Crippen LogP contribution in [0.1, 0.15) is 42.1 Å². The summed E-state index contributed by atoms with van der Waals surface area (Å²) >= 11 is 0. The number of fused-ring (bicyclic) bond motifs is 1. The molecule has 0 aliphatic heterocycles. The zero-order valence-corrected chi connectivity index (χ0v) is 18.5. The lowest BCUT2D eigenvalue weighted by atomic mass is 9.99. The Balaban J connectivity index is 1.90. The normalized spacial score (nSPS) is 13.1. The predicted molar refractivity (Wildman–Crippen MR) is 114 cm³/mol. The first kappa shape index (κ1) is 21.9. The lowest BCUT2D eigenvalue weighted by Crippen LogP contribution is -2.40. The topological polar surface area (TPSA) is 116 Å². The van der Waals surface area contributed by atoms with E-state index in [4.69, 9.17) is 5.11 Å². The molecule has 0 aliphatic rings. The van der Waals surface area contributed by atoms with Crippen LogP contribution in [-0.4, -0.2) is 51.8 Å². The molecule has 8 nitrogen and oxygen atoms in total. The van der Waals surface area contributed by atoms with E-state index in [0.29, 0.717) is 12.1 Å². The number of aryl methyl sites for hydroxylation is 3. The molecule has 2 heterocycles. The lowest BCUT2D eigenvalue weighted by Gasteiger charge is -2.21. The third-order valence-electron chi connectivity index (χ3n) is 5.49. The zero-order chi connectivity index (χ0) is 22.2. The number of nitrogens with zero attached hydrogens (tertiary/aromatic N) is 3. The Labute approximate surface area is 176 Å². The number of carboxylic acids is 1. The summed E-state index contributed by atoms with van der Waals surface area (Å²) in [4.78, 5) is 23.6. The Morgan fingerprint density at radius 1 is 1.20 bits per heavy atom. The molecule has 0 aliphatic carbocycles. The highest BCUT2D eigenvalue weighted by Crippen LogP contribution is 2.25. The van der Waals surface area contributed by atoms with Crippen LogP contribution in [0, 0.1) is 13.8 Å². The van der Waals surface area contributed by atoms with Gasteiger partial charge in [-0.3, -0.25) is 4.79 Å². The summed E-state index contributed by atoms with van der Waals surface area (Å²) in [5.41, 5.74) is 5.61. The van der Waals surface area contributed by atoms with Crippen molar-refractivity contribution in [1.82, 2.24) is 19.3 Å². The smallest absolute Gasteiger partial charge is 0.321 e. The van der Waals surface area contributed by atoms with Gasteiger partial charge in [0.15, 0.2) is 5.65 Å². The number of H-pyrrole nitrogens is 1. The molecule has 0 spiro atoms. The maximum Gasteiger partial charge on any atom is 0.321 e.